The molecule has 0 aliphatic carbocycles. The van der Waals surface area contributed by atoms with Gasteiger partial charge in [-0.2, -0.15) is 5.26 Å². The summed E-state index contributed by atoms with van der Waals surface area (Å²) >= 11 is 3.33. The molecule has 5 nitrogen and oxygen atoms in total. The van der Waals surface area contributed by atoms with Gasteiger partial charge in [0.15, 0.2) is 0 Å². The van der Waals surface area contributed by atoms with Crippen molar-refractivity contribution in [3.8, 4) is 11.8 Å². The fourth-order valence-corrected chi connectivity index (χ4v) is 1.67. The van der Waals surface area contributed by atoms with Crippen LogP contribution in [0.5, 0.6) is 5.75 Å². The Morgan fingerprint density at radius 2 is 2.15 bits per heavy atom. The second-order valence-corrected chi connectivity index (χ2v) is 5.89. The highest BCUT2D eigenvalue weighted by molar-refractivity contribution is 9.10. The van der Waals surface area contributed by atoms with Gasteiger partial charge in [-0.05, 0) is 54.9 Å². The predicted molar refractivity (Wildman–Crippen MR) is 78.6 cm³/mol. The maximum atomic E-state index is 11.4. The van der Waals surface area contributed by atoms with Crippen LogP contribution in [-0.4, -0.2) is 24.8 Å². The SMILES string of the molecule is CC(C)(C)OC(=O)NCCOc1cc(C#N)ccc1Br. The summed E-state index contributed by atoms with van der Waals surface area (Å²) in [4.78, 5) is 11.4. The largest absolute Gasteiger partial charge is 0.491 e. The number of nitrogens with one attached hydrogen (secondary N) is 1. The van der Waals surface area contributed by atoms with Crippen molar-refractivity contribution in [3.05, 3.63) is 28.2 Å². The van der Waals surface area contributed by atoms with Gasteiger partial charge in [0.1, 0.15) is 18.0 Å². The first kappa shape index (κ1) is 16.3. The minimum atomic E-state index is -0.519. The highest BCUT2D eigenvalue weighted by atomic mass is 79.9. The van der Waals surface area contributed by atoms with Crippen LogP contribution in [0, 0.1) is 11.3 Å². The number of nitriles is 1. The topological polar surface area (TPSA) is 71.3 Å². The van der Waals surface area contributed by atoms with Gasteiger partial charge in [-0.25, -0.2) is 4.79 Å². The van der Waals surface area contributed by atoms with Crippen LogP contribution in [0.25, 0.3) is 0 Å². The third-order valence-corrected chi connectivity index (χ3v) is 2.74. The van der Waals surface area contributed by atoms with Gasteiger partial charge in [-0.15, -0.1) is 0 Å². The summed E-state index contributed by atoms with van der Waals surface area (Å²) in [6, 6.07) is 7.11. The Morgan fingerprint density at radius 3 is 2.75 bits per heavy atom. The standard InChI is InChI=1S/C14H17BrN2O3/c1-14(2,3)20-13(18)17-6-7-19-12-8-10(9-16)4-5-11(12)15/h4-5,8H,6-7H2,1-3H3,(H,17,18). The van der Waals surface area contributed by atoms with Crippen LogP contribution in [0.2, 0.25) is 0 Å². The first-order valence-electron chi connectivity index (χ1n) is 6.11. The van der Waals surface area contributed by atoms with Crippen LogP contribution < -0.4 is 10.1 Å². The van der Waals surface area contributed by atoms with Crippen LogP contribution in [-0.2, 0) is 4.74 Å². The molecule has 108 valence electrons. The first-order valence-corrected chi connectivity index (χ1v) is 6.90. The predicted octanol–water partition coefficient (Wildman–Crippen LogP) is 3.22. The van der Waals surface area contributed by atoms with Crippen molar-refractivity contribution < 1.29 is 14.3 Å². The molecule has 0 aromatic heterocycles. The van der Waals surface area contributed by atoms with Gasteiger partial charge in [0, 0.05) is 0 Å². The van der Waals surface area contributed by atoms with Crippen molar-refractivity contribution >= 4 is 22.0 Å². The van der Waals surface area contributed by atoms with Crippen molar-refractivity contribution in [2.24, 2.45) is 0 Å². The molecule has 0 spiro atoms. The zero-order chi connectivity index (χ0) is 15.2. The van der Waals surface area contributed by atoms with Crippen LogP contribution in [0.3, 0.4) is 0 Å². The highest BCUT2D eigenvalue weighted by Crippen LogP contribution is 2.25. The average Bonchev–Trinajstić information content (AvgIpc) is 2.34. The molecule has 1 aromatic carbocycles. The van der Waals surface area contributed by atoms with Gasteiger partial charge in [-0.3, -0.25) is 0 Å². The van der Waals surface area contributed by atoms with E-state index in [9.17, 15) is 4.79 Å². The lowest BCUT2D eigenvalue weighted by Gasteiger charge is -2.19. The van der Waals surface area contributed by atoms with Gasteiger partial charge in [0.2, 0.25) is 0 Å². The lowest BCUT2D eigenvalue weighted by atomic mass is 10.2. The third-order valence-electron chi connectivity index (χ3n) is 2.09. The minimum Gasteiger partial charge on any atom is -0.491 e. The van der Waals surface area contributed by atoms with Crippen LogP contribution in [0.1, 0.15) is 26.3 Å². The Balaban J connectivity index is 2.38. The lowest BCUT2D eigenvalue weighted by Crippen LogP contribution is -2.34. The van der Waals surface area contributed by atoms with Crippen LogP contribution >= 0.6 is 15.9 Å². The van der Waals surface area contributed by atoms with E-state index in [1.54, 1.807) is 39.0 Å². The molecule has 20 heavy (non-hydrogen) atoms. The van der Waals surface area contributed by atoms with E-state index in [-0.39, 0.29) is 6.61 Å². The molecule has 1 amide bonds. The number of hydrogen-bond donors (Lipinski definition) is 1. The monoisotopic (exact) mass is 340 g/mol. The normalized spacial score (nSPS) is 10.6. The quantitative estimate of drug-likeness (QED) is 0.854. The Bertz CT molecular complexity index is 518. The Kier molecular flexibility index (Phi) is 5.83. The summed E-state index contributed by atoms with van der Waals surface area (Å²) in [6.07, 6.45) is -0.481. The van der Waals surface area contributed by atoms with E-state index >= 15 is 0 Å². The third kappa shape index (κ3) is 5.93. The second-order valence-electron chi connectivity index (χ2n) is 5.03. The number of nitrogens with zero attached hydrogens (tertiary/aromatic N) is 1. The number of benzene rings is 1. The maximum Gasteiger partial charge on any atom is 0.407 e. The van der Waals surface area contributed by atoms with E-state index in [2.05, 4.69) is 21.2 Å². The molecule has 0 radical (unpaired) electrons. The molecule has 0 aliphatic rings. The fourth-order valence-electron chi connectivity index (χ4n) is 1.31. The summed E-state index contributed by atoms with van der Waals surface area (Å²) in [5.41, 5.74) is -0.00181. The number of carbonyl (C=O) groups excluding carboxylic acids is 1. The fraction of sp³-hybridized carbons (Fsp3) is 0.429. The second kappa shape index (κ2) is 7.15. The summed E-state index contributed by atoms with van der Waals surface area (Å²) in [7, 11) is 0. The van der Waals surface area contributed by atoms with Crippen molar-refractivity contribution in [1.82, 2.24) is 5.32 Å². The summed E-state index contributed by atoms with van der Waals surface area (Å²) in [6.45, 7) is 6.00. The Hall–Kier alpha value is -1.74. The maximum absolute atomic E-state index is 11.4. The molecular formula is C14H17BrN2O3. The van der Waals surface area contributed by atoms with Crippen LogP contribution in [0.4, 0.5) is 4.79 Å². The molecule has 0 aliphatic heterocycles. The molecule has 0 heterocycles. The smallest absolute Gasteiger partial charge is 0.407 e. The molecule has 0 unspecified atom stereocenters. The van der Waals surface area contributed by atoms with E-state index < -0.39 is 11.7 Å². The van der Waals surface area contributed by atoms with Gasteiger partial charge in [-0.1, -0.05) is 0 Å². The number of halogens is 1. The molecule has 0 saturated carbocycles. The van der Waals surface area contributed by atoms with Crippen LogP contribution in [0.15, 0.2) is 22.7 Å². The number of amides is 1. The zero-order valence-corrected chi connectivity index (χ0v) is 13.3. The molecule has 1 aromatic rings. The number of carbonyl (C=O) groups is 1. The Morgan fingerprint density at radius 1 is 1.45 bits per heavy atom. The van der Waals surface area contributed by atoms with Crippen molar-refractivity contribution in [2.75, 3.05) is 13.2 Å². The van der Waals surface area contributed by atoms with Crippen molar-refractivity contribution in [3.63, 3.8) is 0 Å². The van der Waals surface area contributed by atoms with Crippen molar-refractivity contribution in [2.45, 2.75) is 26.4 Å². The minimum absolute atomic E-state index is 0.284. The average molecular weight is 341 g/mol. The number of alkyl carbamates (subject to hydrolysis) is 1. The zero-order valence-electron chi connectivity index (χ0n) is 11.7. The van der Waals surface area contributed by atoms with Crippen molar-refractivity contribution in [1.29, 1.82) is 5.26 Å². The number of ether oxygens (including phenoxy) is 2. The molecule has 0 saturated heterocycles. The molecule has 0 bridgehead atoms. The molecule has 0 fully saturated rings. The van der Waals surface area contributed by atoms with E-state index in [0.29, 0.717) is 17.9 Å². The summed E-state index contributed by atoms with van der Waals surface area (Å²) in [5.74, 6) is 0.565. The van der Waals surface area contributed by atoms with E-state index in [0.717, 1.165) is 4.47 Å². The van der Waals surface area contributed by atoms with Gasteiger partial charge >= 0.3 is 6.09 Å². The van der Waals surface area contributed by atoms with E-state index in [1.807, 2.05) is 6.07 Å². The first-order chi connectivity index (χ1) is 9.31. The van der Waals surface area contributed by atoms with E-state index in [1.165, 1.54) is 0 Å². The van der Waals surface area contributed by atoms with Gasteiger partial charge < -0.3 is 14.8 Å². The Labute approximate surface area is 127 Å². The number of hydrogen-bond acceptors (Lipinski definition) is 4. The molecule has 1 rings (SSSR count). The van der Waals surface area contributed by atoms with Gasteiger partial charge in [0.25, 0.3) is 0 Å². The number of rotatable bonds is 4. The molecule has 6 heteroatoms. The lowest BCUT2D eigenvalue weighted by molar-refractivity contribution is 0.0520. The van der Waals surface area contributed by atoms with Gasteiger partial charge in [0.05, 0.1) is 22.7 Å². The highest BCUT2D eigenvalue weighted by Gasteiger charge is 2.15. The molecule has 1 N–H and O–H groups in total. The molecular weight excluding hydrogens is 324 g/mol. The summed E-state index contributed by atoms with van der Waals surface area (Å²) in [5, 5.41) is 11.4. The summed E-state index contributed by atoms with van der Waals surface area (Å²) < 4.78 is 11.3. The van der Waals surface area contributed by atoms with E-state index in [4.69, 9.17) is 14.7 Å². The molecule has 0 atom stereocenters.